The third-order valence-corrected chi connectivity index (χ3v) is 3.61. The van der Waals surface area contributed by atoms with Gasteiger partial charge in [0.05, 0.1) is 18.1 Å². The van der Waals surface area contributed by atoms with E-state index in [1.165, 1.54) is 0 Å². The first-order valence-electron chi connectivity index (χ1n) is 6.77. The molecule has 0 spiro atoms. The number of benzene rings is 2. The van der Waals surface area contributed by atoms with Gasteiger partial charge in [-0.3, -0.25) is 9.59 Å². The summed E-state index contributed by atoms with van der Waals surface area (Å²) in [6, 6.07) is 11.2. The lowest BCUT2D eigenvalue weighted by molar-refractivity contribution is 0.416. The Morgan fingerprint density at radius 3 is 2.45 bits per heavy atom. The maximum absolute atomic E-state index is 11.6. The van der Waals surface area contributed by atoms with Crippen LogP contribution in [0.1, 0.15) is 5.56 Å². The fraction of sp³-hybridized carbons (Fsp3) is 0.125. The molecule has 2 aromatic carbocycles. The first-order chi connectivity index (χ1) is 10.7. The third kappa shape index (κ3) is 2.19. The monoisotopic (exact) mass is 297 g/mol. The first kappa shape index (κ1) is 14.1. The van der Waals surface area contributed by atoms with Crippen LogP contribution < -0.4 is 21.6 Å². The van der Waals surface area contributed by atoms with Crippen LogP contribution in [0.3, 0.4) is 0 Å². The molecule has 0 amide bonds. The number of aromatic nitrogens is 2. The summed E-state index contributed by atoms with van der Waals surface area (Å²) in [5.41, 5.74) is 8.06. The van der Waals surface area contributed by atoms with Crippen LogP contribution in [0.15, 0.2) is 46.0 Å². The summed E-state index contributed by atoms with van der Waals surface area (Å²) < 4.78 is 5.38. The number of nitrogens with two attached hydrogens (primary N) is 1. The first-order valence-corrected chi connectivity index (χ1v) is 6.77. The lowest BCUT2D eigenvalue weighted by Crippen LogP contribution is -2.29. The maximum Gasteiger partial charge on any atom is 0.314 e. The number of nitrogens with one attached hydrogen (secondary N) is 2. The summed E-state index contributed by atoms with van der Waals surface area (Å²) in [6.45, 7) is 0.215. The van der Waals surface area contributed by atoms with Gasteiger partial charge in [0, 0.05) is 12.1 Å². The van der Waals surface area contributed by atoms with Gasteiger partial charge in [0.2, 0.25) is 0 Å². The van der Waals surface area contributed by atoms with Gasteiger partial charge in [-0.1, -0.05) is 24.3 Å². The predicted molar refractivity (Wildman–Crippen MR) is 85.1 cm³/mol. The van der Waals surface area contributed by atoms with E-state index in [2.05, 4.69) is 9.97 Å². The summed E-state index contributed by atoms with van der Waals surface area (Å²) in [4.78, 5) is 28.2. The number of hydrogen-bond donors (Lipinski definition) is 3. The second-order valence-electron chi connectivity index (χ2n) is 4.83. The second-order valence-corrected chi connectivity index (χ2v) is 4.83. The molecule has 0 radical (unpaired) electrons. The van der Waals surface area contributed by atoms with Crippen molar-refractivity contribution in [2.24, 2.45) is 5.73 Å². The molecule has 0 bridgehead atoms. The average Bonchev–Trinajstić information content (AvgIpc) is 2.55. The van der Waals surface area contributed by atoms with Crippen LogP contribution in [0, 0.1) is 0 Å². The zero-order chi connectivity index (χ0) is 15.7. The van der Waals surface area contributed by atoms with Crippen molar-refractivity contribution >= 4 is 11.0 Å². The smallest absolute Gasteiger partial charge is 0.314 e. The Bertz CT molecular complexity index is 957. The average molecular weight is 297 g/mol. The SMILES string of the molecule is COc1ccccc1-c1ccc2[nH]c(=O)c(=O)[nH]c2c1CN. The molecule has 1 heterocycles. The Kier molecular flexibility index (Phi) is 3.52. The lowest BCUT2D eigenvalue weighted by atomic mass is 9.97. The van der Waals surface area contributed by atoms with Crippen LogP contribution in [-0.4, -0.2) is 17.1 Å². The summed E-state index contributed by atoms with van der Waals surface area (Å²) in [5.74, 6) is 0.711. The number of ether oxygens (including phenoxy) is 1. The quantitative estimate of drug-likeness (QED) is 0.635. The second kappa shape index (κ2) is 5.50. The largest absolute Gasteiger partial charge is 0.496 e. The Hall–Kier alpha value is -2.86. The number of methoxy groups -OCH3 is 1. The highest BCUT2D eigenvalue weighted by Gasteiger charge is 2.13. The fourth-order valence-corrected chi connectivity index (χ4v) is 2.58. The number of aromatic amines is 2. The van der Waals surface area contributed by atoms with Crippen molar-refractivity contribution in [1.82, 2.24) is 9.97 Å². The lowest BCUT2D eigenvalue weighted by Gasteiger charge is -2.14. The van der Waals surface area contributed by atoms with Crippen LogP contribution in [0.25, 0.3) is 22.2 Å². The Balaban J connectivity index is 2.38. The van der Waals surface area contributed by atoms with E-state index in [-0.39, 0.29) is 6.54 Å². The van der Waals surface area contributed by atoms with Gasteiger partial charge in [-0.05, 0) is 23.3 Å². The third-order valence-electron chi connectivity index (χ3n) is 3.61. The van der Waals surface area contributed by atoms with Gasteiger partial charge in [-0.2, -0.15) is 0 Å². The van der Waals surface area contributed by atoms with Crippen LogP contribution in [-0.2, 0) is 6.54 Å². The molecule has 0 fully saturated rings. The zero-order valence-corrected chi connectivity index (χ0v) is 12.0. The summed E-state index contributed by atoms with van der Waals surface area (Å²) in [7, 11) is 1.60. The molecule has 0 saturated heterocycles. The van der Waals surface area contributed by atoms with Crippen molar-refractivity contribution < 1.29 is 4.74 Å². The van der Waals surface area contributed by atoms with Crippen LogP contribution >= 0.6 is 0 Å². The molecule has 0 unspecified atom stereocenters. The van der Waals surface area contributed by atoms with Gasteiger partial charge < -0.3 is 20.4 Å². The Labute approximate surface area is 125 Å². The van der Waals surface area contributed by atoms with Gasteiger partial charge in [0.25, 0.3) is 0 Å². The van der Waals surface area contributed by atoms with Gasteiger partial charge in [-0.25, -0.2) is 0 Å². The Morgan fingerprint density at radius 1 is 1.00 bits per heavy atom. The summed E-state index contributed by atoms with van der Waals surface area (Å²) in [5, 5.41) is 0. The van der Waals surface area contributed by atoms with Crippen molar-refractivity contribution in [3.63, 3.8) is 0 Å². The van der Waals surface area contributed by atoms with Crippen LogP contribution in [0.4, 0.5) is 0 Å². The number of rotatable bonds is 3. The molecule has 3 aromatic rings. The van der Waals surface area contributed by atoms with Crippen LogP contribution in [0.2, 0.25) is 0 Å². The van der Waals surface area contributed by atoms with Crippen molar-refractivity contribution in [2.45, 2.75) is 6.54 Å². The van der Waals surface area contributed by atoms with E-state index in [0.29, 0.717) is 16.8 Å². The molecule has 4 N–H and O–H groups in total. The van der Waals surface area contributed by atoms with E-state index in [1.54, 1.807) is 13.2 Å². The minimum atomic E-state index is -0.695. The number of para-hydroxylation sites is 1. The van der Waals surface area contributed by atoms with E-state index in [1.807, 2.05) is 30.3 Å². The van der Waals surface area contributed by atoms with E-state index < -0.39 is 11.1 Å². The normalized spacial score (nSPS) is 10.8. The van der Waals surface area contributed by atoms with Crippen molar-refractivity contribution in [3.8, 4) is 16.9 Å². The molecule has 0 aliphatic rings. The van der Waals surface area contributed by atoms with E-state index >= 15 is 0 Å². The van der Waals surface area contributed by atoms with Gasteiger partial charge in [-0.15, -0.1) is 0 Å². The predicted octanol–water partition coefficient (Wildman–Crippen LogP) is 1.35. The fourth-order valence-electron chi connectivity index (χ4n) is 2.58. The molecule has 6 heteroatoms. The van der Waals surface area contributed by atoms with Crippen LogP contribution in [0.5, 0.6) is 5.75 Å². The molecule has 0 aliphatic carbocycles. The van der Waals surface area contributed by atoms with Crippen molar-refractivity contribution in [3.05, 3.63) is 62.7 Å². The summed E-state index contributed by atoms with van der Waals surface area (Å²) >= 11 is 0. The minimum absolute atomic E-state index is 0.215. The molecule has 0 saturated carbocycles. The minimum Gasteiger partial charge on any atom is -0.496 e. The van der Waals surface area contributed by atoms with E-state index in [9.17, 15) is 9.59 Å². The van der Waals surface area contributed by atoms with Gasteiger partial charge in [0.15, 0.2) is 0 Å². The number of H-pyrrole nitrogens is 2. The van der Waals surface area contributed by atoms with Gasteiger partial charge in [0.1, 0.15) is 5.75 Å². The highest BCUT2D eigenvalue weighted by atomic mass is 16.5. The molecular formula is C16H15N3O3. The molecule has 3 rings (SSSR count). The highest BCUT2D eigenvalue weighted by molar-refractivity contribution is 5.87. The zero-order valence-electron chi connectivity index (χ0n) is 12.0. The van der Waals surface area contributed by atoms with E-state index in [0.717, 1.165) is 16.7 Å². The molecule has 0 atom stereocenters. The molecule has 112 valence electrons. The maximum atomic E-state index is 11.6. The molecule has 22 heavy (non-hydrogen) atoms. The number of fused-ring (bicyclic) bond motifs is 1. The standard InChI is InChI=1S/C16H15N3O3/c1-22-13-5-3-2-4-10(13)9-6-7-12-14(11(9)8-17)19-16(21)15(20)18-12/h2-7H,8,17H2,1H3,(H,18,20)(H,19,21). The summed E-state index contributed by atoms with van der Waals surface area (Å²) in [6.07, 6.45) is 0. The Morgan fingerprint density at radius 2 is 1.73 bits per heavy atom. The van der Waals surface area contributed by atoms with Gasteiger partial charge >= 0.3 is 11.1 Å². The van der Waals surface area contributed by atoms with Crippen molar-refractivity contribution in [1.29, 1.82) is 0 Å². The molecule has 0 aliphatic heterocycles. The molecular weight excluding hydrogens is 282 g/mol. The molecule has 1 aromatic heterocycles. The van der Waals surface area contributed by atoms with Crippen molar-refractivity contribution in [2.75, 3.05) is 7.11 Å². The molecule has 6 nitrogen and oxygen atoms in total. The topological polar surface area (TPSA) is 101 Å². The highest BCUT2D eigenvalue weighted by Crippen LogP contribution is 2.34. The van der Waals surface area contributed by atoms with E-state index in [4.69, 9.17) is 10.5 Å². The number of hydrogen-bond acceptors (Lipinski definition) is 4.